The predicted octanol–water partition coefficient (Wildman–Crippen LogP) is 2.53. The molecule has 0 radical (unpaired) electrons. The quantitative estimate of drug-likeness (QED) is 0.741. The van der Waals surface area contributed by atoms with Gasteiger partial charge in [-0.1, -0.05) is 5.57 Å². The van der Waals surface area contributed by atoms with E-state index in [0.29, 0.717) is 23.0 Å². The molecule has 3 atom stereocenters. The average molecular weight is 269 g/mol. The number of fused-ring (bicyclic) bond motifs is 2. The second kappa shape index (κ2) is 3.99. The summed E-state index contributed by atoms with van der Waals surface area (Å²) >= 11 is 7.98. The van der Waals surface area contributed by atoms with Gasteiger partial charge in [-0.25, -0.2) is 0 Å². The first-order chi connectivity index (χ1) is 8.13. The molecule has 3 aliphatic rings. The summed E-state index contributed by atoms with van der Waals surface area (Å²) in [5.41, 5.74) is 11.5. The maximum absolute atomic E-state index is 6.20. The largest absolute Gasteiger partial charge is 0.401 e. The van der Waals surface area contributed by atoms with Crippen molar-refractivity contribution in [1.82, 2.24) is 4.90 Å². The molecule has 0 saturated heterocycles. The molecule has 92 valence electrons. The van der Waals surface area contributed by atoms with Gasteiger partial charge >= 0.3 is 0 Å². The summed E-state index contributed by atoms with van der Waals surface area (Å²) in [7, 11) is 2.13. The van der Waals surface area contributed by atoms with Crippen LogP contribution in [-0.4, -0.2) is 29.6 Å². The number of nitrogens with two attached hydrogens (primary N) is 1. The maximum Gasteiger partial charge on any atom is 0.0588 e. The van der Waals surface area contributed by atoms with E-state index in [2.05, 4.69) is 30.4 Å². The average Bonchev–Trinajstić information content (AvgIpc) is 2.82. The van der Waals surface area contributed by atoms with Crippen LogP contribution in [-0.2, 0) is 0 Å². The van der Waals surface area contributed by atoms with Crippen LogP contribution in [0.1, 0.15) is 6.92 Å². The fourth-order valence-corrected chi connectivity index (χ4v) is 4.70. The number of nitrogens with zero attached hydrogens (tertiary/aromatic N) is 1. The van der Waals surface area contributed by atoms with E-state index in [1.807, 2.05) is 11.8 Å². The Bertz CT molecular complexity index is 452. The highest BCUT2D eigenvalue weighted by molar-refractivity contribution is 8.03. The van der Waals surface area contributed by atoms with Gasteiger partial charge in [0.25, 0.3) is 0 Å². The molecule has 3 rings (SSSR count). The van der Waals surface area contributed by atoms with Crippen LogP contribution in [0.25, 0.3) is 0 Å². The molecule has 0 aromatic carbocycles. The second-order valence-electron chi connectivity index (χ2n) is 5.11. The molecule has 2 N–H and O–H groups in total. The Hall–Kier alpha value is -0.540. The van der Waals surface area contributed by atoms with E-state index in [9.17, 15) is 0 Å². The van der Waals surface area contributed by atoms with Gasteiger partial charge in [0.15, 0.2) is 0 Å². The molecule has 0 bridgehead atoms. The van der Waals surface area contributed by atoms with Gasteiger partial charge < -0.3 is 10.6 Å². The normalized spacial score (nSPS) is 35.7. The summed E-state index contributed by atoms with van der Waals surface area (Å²) in [6, 6.07) is 0. The molecule has 1 aliphatic carbocycles. The van der Waals surface area contributed by atoms with E-state index in [-0.39, 0.29) is 0 Å². The molecule has 2 nitrogen and oxygen atoms in total. The molecule has 3 unspecified atom stereocenters. The van der Waals surface area contributed by atoms with Crippen LogP contribution in [0, 0.1) is 11.8 Å². The van der Waals surface area contributed by atoms with Crippen molar-refractivity contribution in [1.29, 1.82) is 0 Å². The summed E-state index contributed by atoms with van der Waals surface area (Å²) in [4.78, 5) is 2.29. The van der Waals surface area contributed by atoms with E-state index in [0.717, 1.165) is 12.2 Å². The summed E-state index contributed by atoms with van der Waals surface area (Å²) in [6.45, 7) is 3.24. The molecule has 0 fully saturated rings. The topological polar surface area (TPSA) is 29.3 Å². The minimum absolute atomic E-state index is 0.408. The highest BCUT2D eigenvalue weighted by Crippen LogP contribution is 2.50. The van der Waals surface area contributed by atoms with Gasteiger partial charge in [-0.3, -0.25) is 0 Å². The number of hydrogen-bond donors (Lipinski definition) is 1. The minimum atomic E-state index is 0.408. The molecule has 0 aromatic rings. The van der Waals surface area contributed by atoms with Crippen molar-refractivity contribution in [3.8, 4) is 0 Å². The first-order valence-electron chi connectivity index (χ1n) is 5.93. The Labute approximate surface area is 112 Å². The first-order valence-corrected chi connectivity index (χ1v) is 7.41. The highest BCUT2D eigenvalue weighted by atomic mass is 35.5. The van der Waals surface area contributed by atoms with Gasteiger partial charge in [-0.15, -0.1) is 23.4 Å². The van der Waals surface area contributed by atoms with E-state index >= 15 is 0 Å². The molecule has 2 heterocycles. The summed E-state index contributed by atoms with van der Waals surface area (Å²) in [5, 5.41) is 2.67. The summed E-state index contributed by atoms with van der Waals surface area (Å²) in [6.07, 6.45) is 2.16. The smallest absolute Gasteiger partial charge is 0.0588 e. The number of allylic oxidation sites excluding steroid dienone is 2. The molecular weight excluding hydrogens is 252 g/mol. The zero-order chi connectivity index (χ0) is 12.2. The van der Waals surface area contributed by atoms with Crippen LogP contribution < -0.4 is 5.73 Å². The van der Waals surface area contributed by atoms with Crippen molar-refractivity contribution in [2.45, 2.75) is 12.2 Å². The number of hydrogen-bond acceptors (Lipinski definition) is 3. The lowest BCUT2D eigenvalue weighted by molar-refractivity contribution is 0.432. The van der Waals surface area contributed by atoms with Gasteiger partial charge in [0.1, 0.15) is 0 Å². The highest BCUT2D eigenvalue weighted by Gasteiger charge is 2.43. The third-order valence-electron chi connectivity index (χ3n) is 3.99. The minimum Gasteiger partial charge on any atom is -0.401 e. The van der Waals surface area contributed by atoms with Gasteiger partial charge in [-0.2, -0.15) is 0 Å². The van der Waals surface area contributed by atoms with Crippen LogP contribution >= 0.6 is 23.4 Å². The van der Waals surface area contributed by atoms with Crippen molar-refractivity contribution in [3.05, 3.63) is 34.0 Å². The SMILES string of the molecule is CC1=CSC2C(N)=CC3=C(C(CCl)CN3C)C12. The molecule has 2 aliphatic heterocycles. The lowest BCUT2D eigenvalue weighted by Crippen LogP contribution is -2.29. The fourth-order valence-electron chi connectivity index (χ4n) is 3.19. The summed E-state index contributed by atoms with van der Waals surface area (Å²) in [5.74, 6) is 1.67. The van der Waals surface area contributed by atoms with Crippen molar-refractivity contribution < 1.29 is 0 Å². The Morgan fingerprint density at radius 1 is 1.59 bits per heavy atom. The van der Waals surface area contributed by atoms with Crippen molar-refractivity contribution in [2.24, 2.45) is 17.6 Å². The number of likely N-dealkylation sites (N-methyl/N-ethyl adjacent to an activating group) is 1. The van der Waals surface area contributed by atoms with E-state index in [4.69, 9.17) is 17.3 Å². The Balaban J connectivity index is 2.10. The number of alkyl halides is 1. The zero-order valence-corrected chi connectivity index (χ0v) is 11.7. The van der Waals surface area contributed by atoms with Gasteiger partial charge in [0, 0.05) is 42.7 Å². The Kier molecular flexibility index (Phi) is 2.71. The Morgan fingerprint density at radius 3 is 3.06 bits per heavy atom. The van der Waals surface area contributed by atoms with Crippen molar-refractivity contribution >= 4 is 23.4 Å². The van der Waals surface area contributed by atoms with E-state index in [1.54, 1.807) is 0 Å². The fraction of sp³-hybridized carbons (Fsp3) is 0.538. The van der Waals surface area contributed by atoms with Gasteiger partial charge in [0.05, 0.1) is 5.25 Å². The summed E-state index contributed by atoms with van der Waals surface area (Å²) < 4.78 is 0. The third-order valence-corrected chi connectivity index (χ3v) is 5.71. The predicted molar refractivity (Wildman–Crippen MR) is 74.8 cm³/mol. The standard InChI is InChI=1S/C13H17ClN2S/c1-7-6-17-13-9(15)3-10-12(11(7)13)8(4-14)5-16(10)2/h3,6,8,11,13H,4-5,15H2,1-2H3. The maximum atomic E-state index is 6.20. The third kappa shape index (κ3) is 1.55. The molecule has 0 amide bonds. The molecule has 4 heteroatoms. The van der Waals surface area contributed by atoms with Crippen LogP contribution in [0.4, 0.5) is 0 Å². The number of thioether (sulfide) groups is 1. The molecular formula is C13H17ClN2S. The lowest BCUT2D eigenvalue weighted by atomic mass is 9.79. The van der Waals surface area contributed by atoms with Gasteiger partial charge in [-0.05, 0) is 24.0 Å². The molecule has 0 aromatic heterocycles. The van der Waals surface area contributed by atoms with E-state index < -0.39 is 0 Å². The lowest BCUT2D eigenvalue weighted by Gasteiger charge is -2.30. The van der Waals surface area contributed by atoms with Crippen LogP contribution in [0.15, 0.2) is 34.0 Å². The van der Waals surface area contributed by atoms with E-state index in [1.165, 1.54) is 16.8 Å². The van der Waals surface area contributed by atoms with Crippen molar-refractivity contribution in [3.63, 3.8) is 0 Å². The molecule has 0 saturated carbocycles. The molecule has 0 spiro atoms. The van der Waals surface area contributed by atoms with Crippen LogP contribution in [0.2, 0.25) is 0 Å². The van der Waals surface area contributed by atoms with Crippen LogP contribution in [0.5, 0.6) is 0 Å². The monoisotopic (exact) mass is 268 g/mol. The Morgan fingerprint density at radius 2 is 2.35 bits per heavy atom. The molecule has 17 heavy (non-hydrogen) atoms. The first kappa shape index (κ1) is 11.5. The second-order valence-corrected chi connectivity index (χ2v) is 6.44. The van der Waals surface area contributed by atoms with Gasteiger partial charge in [0.2, 0.25) is 0 Å². The van der Waals surface area contributed by atoms with Crippen LogP contribution in [0.3, 0.4) is 0 Å². The zero-order valence-electron chi connectivity index (χ0n) is 10.1. The number of rotatable bonds is 1. The number of halogens is 1. The van der Waals surface area contributed by atoms with Crippen molar-refractivity contribution in [2.75, 3.05) is 19.5 Å².